The van der Waals surface area contributed by atoms with Crippen LogP contribution in [0.5, 0.6) is 0 Å². The summed E-state index contributed by atoms with van der Waals surface area (Å²) >= 11 is 0. The molecule has 0 aromatic rings. The van der Waals surface area contributed by atoms with E-state index < -0.39 is 0 Å². The van der Waals surface area contributed by atoms with Crippen molar-refractivity contribution < 1.29 is 4.74 Å². The summed E-state index contributed by atoms with van der Waals surface area (Å²) in [5, 5.41) is 6.52. The Kier molecular flexibility index (Phi) is 2.97. The van der Waals surface area contributed by atoms with Crippen molar-refractivity contribution in [2.75, 3.05) is 33.4 Å². The lowest BCUT2D eigenvalue weighted by molar-refractivity contribution is 0.191. The molecule has 3 nitrogen and oxygen atoms in total. The first-order valence-electron chi connectivity index (χ1n) is 3.36. The minimum atomic E-state index is 0.695. The van der Waals surface area contributed by atoms with Crippen LogP contribution >= 0.6 is 0 Å². The van der Waals surface area contributed by atoms with E-state index in [0.29, 0.717) is 6.04 Å². The fraction of sp³-hybridized carbons (Fsp3) is 1.00. The maximum absolute atomic E-state index is 4.88. The number of nitrogens with one attached hydrogen (secondary N) is 2. The average Bonchev–Trinajstić information content (AvgIpc) is 1.76. The molecule has 2 N–H and O–H groups in total. The summed E-state index contributed by atoms with van der Waals surface area (Å²) in [6, 6.07) is 0.695. The first-order chi connectivity index (χ1) is 4.43. The van der Waals surface area contributed by atoms with Crippen LogP contribution in [0.25, 0.3) is 0 Å². The highest BCUT2D eigenvalue weighted by Gasteiger charge is 2.14. The summed E-state index contributed by atoms with van der Waals surface area (Å²) in [6.07, 6.45) is 0. The van der Waals surface area contributed by atoms with Crippen molar-refractivity contribution in [1.29, 1.82) is 0 Å². The molecular formula is C6H14N2O. The van der Waals surface area contributed by atoms with E-state index in [-0.39, 0.29) is 0 Å². The predicted octanol–water partition coefficient (Wildman–Crippen LogP) is -0.806. The molecular weight excluding hydrogens is 116 g/mol. The average molecular weight is 130 g/mol. The van der Waals surface area contributed by atoms with Gasteiger partial charge in [0, 0.05) is 32.8 Å². The Morgan fingerprint density at radius 3 is 2.89 bits per heavy atom. The number of hydrogen-bond acceptors (Lipinski definition) is 3. The molecule has 1 heterocycles. The summed E-state index contributed by atoms with van der Waals surface area (Å²) in [5.41, 5.74) is 0. The van der Waals surface area contributed by atoms with Gasteiger partial charge in [0.2, 0.25) is 0 Å². The molecule has 0 aromatic carbocycles. The van der Waals surface area contributed by atoms with Gasteiger partial charge in [-0.2, -0.15) is 0 Å². The first kappa shape index (κ1) is 6.99. The van der Waals surface area contributed by atoms with Crippen molar-refractivity contribution in [1.82, 2.24) is 10.6 Å². The lowest BCUT2D eigenvalue weighted by Gasteiger charge is -2.27. The molecule has 0 unspecified atom stereocenters. The fourth-order valence-corrected chi connectivity index (χ4v) is 0.798. The monoisotopic (exact) mass is 130 g/mol. The van der Waals surface area contributed by atoms with Crippen molar-refractivity contribution in [3.63, 3.8) is 0 Å². The second kappa shape index (κ2) is 3.82. The third-order valence-electron chi connectivity index (χ3n) is 1.52. The van der Waals surface area contributed by atoms with Gasteiger partial charge in [-0.25, -0.2) is 0 Å². The standard InChI is InChI=1S/C6H14N2O/c1-9-3-2-8-6-4-7-5-6/h6-8H,2-5H2,1H3. The molecule has 0 aliphatic carbocycles. The second-order valence-electron chi connectivity index (χ2n) is 2.30. The zero-order valence-electron chi connectivity index (χ0n) is 5.81. The molecule has 3 heteroatoms. The minimum Gasteiger partial charge on any atom is -0.383 e. The molecule has 0 radical (unpaired) electrons. The smallest absolute Gasteiger partial charge is 0.0587 e. The zero-order chi connectivity index (χ0) is 6.53. The van der Waals surface area contributed by atoms with E-state index in [2.05, 4.69) is 10.6 Å². The number of ether oxygens (including phenoxy) is 1. The Hall–Kier alpha value is -0.120. The van der Waals surface area contributed by atoms with E-state index >= 15 is 0 Å². The fourth-order valence-electron chi connectivity index (χ4n) is 0.798. The van der Waals surface area contributed by atoms with Crippen LogP contribution in [0.2, 0.25) is 0 Å². The van der Waals surface area contributed by atoms with Crippen molar-refractivity contribution in [2.45, 2.75) is 6.04 Å². The SMILES string of the molecule is COCCNC1CNC1. The molecule has 1 fully saturated rings. The van der Waals surface area contributed by atoms with Gasteiger partial charge < -0.3 is 15.4 Å². The van der Waals surface area contributed by atoms with Gasteiger partial charge in [-0.15, -0.1) is 0 Å². The molecule has 0 bridgehead atoms. The molecule has 1 rings (SSSR count). The molecule has 1 aliphatic heterocycles. The second-order valence-corrected chi connectivity index (χ2v) is 2.30. The molecule has 0 spiro atoms. The Morgan fingerprint density at radius 2 is 2.44 bits per heavy atom. The third kappa shape index (κ3) is 2.30. The van der Waals surface area contributed by atoms with Crippen LogP contribution in [0.15, 0.2) is 0 Å². The van der Waals surface area contributed by atoms with Gasteiger partial charge in [0.05, 0.1) is 6.61 Å². The summed E-state index contributed by atoms with van der Waals surface area (Å²) in [4.78, 5) is 0. The Balaban J connectivity index is 1.80. The highest BCUT2D eigenvalue weighted by atomic mass is 16.5. The van der Waals surface area contributed by atoms with Crippen LogP contribution in [0.1, 0.15) is 0 Å². The van der Waals surface area contributed by atoms with Gasteiger partial charge in [-0.05, 0) is 0 Å². The van der Waals surface area contributed by atoms with E-state index in [0.717, 1.165) is 26.2 Å². The molecule has 0 saturated carbocycles. The Morgan fingerprint density at radius 1 is 1.67 bits per heavy atom. The van der Waals surface area contributed by atoms with E-state index in [1.807, 2.05) is 0 Å². The molecule has 1 saturated heterocycles. The molecule has 0 aromatic heterocycles. The van der Waals surface area contributed by atoms with E-state index in [1.54, 1.807) is 7.11 Å². The van der Waals surface area contributed by atoms with Crippen LogP contribution in [0.3, 0.4) is 0 Å². The number of methoxy groups -OCH3 is 1. The quantitative estimate of drug-likeness (QED) is 0.488. The van der Waals surface area contributed by atoms with Gasteiger partial charge in [-0.1, -0.05) is 0 Å². The van der Waals surface area contributed by atoms with Gasteiger partial charge in [0.25, 0.3) is 0 Å². The summed E-state index contributed by atoms with van der Waals surface area (Å²) in [7, 11) is 1.72. The van der Waals surface area contributed by atoms with E-state index in [9.17, 15) is 0 Å². The summed E-state index contributed by atoms with van der Waals surface area (Å²) in [5.74, 6) is 0. The topological polar surface area (TPSA) is 33.3 Å². The van der Waals surface area contributed by atoms with Crippen molar-refractivity contribution in [3.05, 3.63) is 0 Å². The maximum atomic E-state index is 4.88. The number of rotatable bonds is 4. The molecule has 1 aliphatic rings. The van der Waals surface area contributed by atoms with Crippen molar-refractivity contribution in [3.8, 4) is 0 Å². The summed E-state index contributed by atoms with van der Waals surface area (Å²) < 4.78 is 4.88. The minimum absolute atomic E-state index is 0.695. The van der Waals surface area contributed by atoms with Crippen LogP contribution in [-0.2, 0) is 4.74 Å². The largest absolute Gasteiger partial charge is 0.383 e. The van der Waals surface area contributed by atoms with Gasteiger partial charge in [0.15, 0.2) is 0 Å². The van der Waals surface area contributed by atoms with Gasteiger partial charge in [0.1, 0.15) is 0 Å². The van der Waals surface area contributed by atoms with E-state index in [4.69, 9.17) is 4.74 Å². The Labute approximate surface area is 55.8 Å². The summed E-state index contributed by atoms with van der Waals surface area (Å²) in [6.45, 7) is 4.02. The lowest BCUT2D eigenvalue weighted by atomic mass is 10.2. The van der Waals surface area contributed by atoms with Gasteiger partial charge in [-0.3, -0.25) is 0 Å². The molecule has 54 valence electrons. The van der Waals surface area contributed by atoms with Crippen LogP contribution in [0, 0.1) is 0 Å². The lowest BCUT2D eigenvalue weighted by Crippen LogP contribution is -2.55. The molecule has 0 atom stereocenters. The van der Waals surface area contributed by atoms with Gasteiger partial charge >= 0.3 is 0 Å². The van der Waals surface area contributed by atoms with E-state index in [1.165, 1.54) is 0 Å². The highest BCUT2D eigenvalue weighted by Crippen LogP contribution is 1.88. The third-order valence-corrected chi connectivity index (χ3v) is 1.52. The molecule has 0 amide bonds. The van der Waals surface area contributed by atoms with Crippen molar-refractivity contribution >= 4 is 0 Å². The predicted molar refractivity (Wildman–Crippen MR) is 36.5 cm³/mol. The zero-order valence-corrected chi connectivity index (χ0v) is 5.81. The normalized spacial score (nSPS) is 19.7. The van der Waals surface area contributed by atoms with Crippen LogP contribution in [0.4, 0.5) is 0 Å². The van der Waals surface area contributed by atoms with Crippen LogP contribution in [-0.4, -0.2) is 39.4 Å². The maximum Gasteiger partial charge on any atom is 0.0587 e. The first-order valence-corrected chi connectivity index (χ1v) is 3.36. The number of hydrogen-bond donors (Lipinski definition) is 2. The molecule has 9 heavy (non-hydrogen) atoms. The van der Waals surface area contributed by atoms with Crippen LogP contribution < -0.4 is 10.6 Å². The van der Waals surface area contributed by atoms with Crippen molar-refractivity contribution in [2.24, 2.45) is 0 Å². The Bertz CT molecular complexity index is 73.5. The highest BCUT2D eigenvalue weighted by molar-refractivity contribution is 4.80.